The lowest BCUT2D eigenvalue weighted by atomic mass is 10.2. The third-order valence-corrected chi connectivity index (χ3v) is 7.41. The minimum atomic E-state index is -3.74. The molecule has 0 aliphatic carbocycles. The number of hydrogen-bond acceptors (Lipinski definition) is 5. The average Bonchev–Trinajstić information content (AvgIpc) is 2.81. The SMILES string of the molecule is CC(C)N(C)S(=O)(=O)c1ccc(Cl)c(C(=O)NCc2cccc(OCc3ccccn3)c2)c1. The van der Waals surface area contributed by atoms with Gasteiger partial charge in [-0.05, 0) is 61.9 Å². The van der Waals surface area contributed by atoms with Crippen molar-refractivity contribution in [1.82, 2.24) is 14.6 Å². The largest absolute Gasteiger partial charge is 0.487 e. The first-order chi connectivity index (χ1) is 15.7. The first-order valence-electron chi connectivity index (χ1n) is 10.4. The minimum Gasteiger partial charge on any atom is -0.487 e. The zero-order chi connectivity index (χ0) is 24.0. The summed E-state index contributed by atoms with van der Waals surface area (Å²) in [6.07, 6.45) is 1.71. The predicted octanol–water partition coefficient (Wildman–Crippen LogP) is 4.27. The van der Waals surface area contributed by atoms with Crippen LogP contribution in [0, 0.1) is 0 Å². The topological polar surface area (TPSA) is 88.6 Å². The van der Waals surface area contributed by atoms with Crippen LogP contribution in [0.15, 0.2) is 71.8 Å². The van der Waals surface area contributed by atoms with E-state index in [0.29, 0.717) is 12.4 Å². The van der Waals surface area contributed by atoms with Gasteiger partial charge < -0.3 is 10.1 Å². The van der Waals surface area contributed by atoms with Gasteiger partial charge >= 0.3 is 0 Å². The van der Waals surface area contributed by atoms with Gasteiger partial charge in [-0.25, -0.2) is 8.42 Å². The van der Waals surface area contributed by atoms with Crippen molar-refractivity contribution in [2.75, 3.05) is 7.05 Å². The summed E-state index contributed by atoms with van der Waals surface area (Å²) in [4.78, 5) is 17.0. The molecule has 0 radical (unpaired) electrons. The van der Waals surface area contributed by atoms with Crippen LogP contribution in [0.5, 0.6) is 5.75 Å². The lowest BCUT2D eigenvalue weighted by Crippen LogP contribution is -2.33. The summed E-state index contributed by atoms with van der Waals surface area (Å²) in [6.45, 7) is 4.10. The molecule has 33 heavy (non-hydrogen) atoms. The highest BCUT2D eigenvalue weighted by molar-refractivity contribution is 7.89. The van der Waals surface area contributed by atoms with Gasteiger partial charge in [0.2, 0.25) is 10.0 Å². The highest BCUT2D eigenvalue weighted by atomic mass is 35.5. The molecule has 0 saturated carbocycles. The van der Waals surface area contributed by atoms with E-state index in [1.165, 1.54) is 29.6 Å². The summed E-state index contributed by atoms with van der Waals surface area (Å²) in [7, 11) is -2.24. The molecule has 0 bridgehead atoms. The predicted molar refractivity (Wildman–Crippen MR) is 128 cm³/mol. The van der Waals surface area contributed by atoms with Gasteiger partial charge in [-0.3, -0.25) is 9.78 Å². The fourth-order valence-electron chi connectivity index (χ4n) is 2.95. The normalized spacial score (nSPS) is 11.6. The number of amides is 1. The van der Waals surface area contributed by atoms with Crippen molar-refractivity contribution in [3.8, 4) is 5.75 Å². The fourth-order valence-corrected chi connectivity index (χ4v) is 4.54. The molecule has 3 aromatic rings. The molecule has 0 atom stereocenters. The van der Waals surface area contributed by atoms with Crippen molar-refractivity contribution in [2.24, 2.45) is 0 Å². The Kier molecular flexibility index (Phi) is 8.07. The molecule has 1 aromatic heterocycles. The highest BCUT2D eigenvalue weighted by Crippen LogP contribution is 2.24. The van der Waals surface area contributed by atoms with Gasteiger partial charge in [0, 0.05) is 25.8 Å². The van der Waals surface area contributed by atoms with Gasteiger partial charge in [-0.1, -0.05) is 29.8 Å². The number of sulfonamides is 1. The van der Waals surface area contributed by atoms with E-state index in [1.54, 1.807) is 20.0 Å². The molecule has 7 nitrogen and oxygen atoms in total. The van der Waals surface area contributed by atoms with Crippen molar-refractivity contribution in [2.45, 2.75) is 37.9 Å². The number of carbonyl (C=O) groups excluding carboxylic acids is 1. The first-order valence-corrected chi connectivity index (χ1v) is 12.2. The zero-order valence-corrected chi connectivity index (χ0v) is 20.2. The Bertz CT molecular complexity index is 1220. The van der Waals surface area contributed by atoms with Crippen LogP contribution in [0.25, 0.3) is 0 Å². The molecule has 3 rings (SSSR count). The number of aromatic nitrogens is 1. The van der Waals surface area contributed by atoms with Crippen LogP contribution >= 0.6 is 11.6 Å². The van der Waals surface area contributed by atoms with Crippen LogP contribution in [0.3, 0.4) is 0 Å². The van der Waals surface area contributed by atoms with E-state index in [4.69, 9.17) is 16.3 Å². The Hall–Kier alpha value is -2.94. The van der Waals surface area contributed by atoms with Crippen molar-refractivity contribution < 1.29 is 17.9 Å². The molecule has 0 aliphatic heterocycles. The van der Waals surface area contributed by atoms with Gasteiger partial charge in [0.15, 0.2) is 0 Å². The van der Waals surface area contributed by atoms with Gasteiger partial charge in [0.05, 0.1) is 21.2 Å². The second-order valence-corrected chi connectivity index (χ2v) is 10.1. The van der Waals surface area contributed by atoms with E-state index in [-0.39, 0.29) is 28.1 Å². The second-order valence-electron chi connectivity index (χ2n) is 7.70. The number of nitrogens with one attached hydrogen (secondary N) is 1. The Labute approximate surface area is 199 Å². The molecule has 0 saturated heterocycles. The van der Waals surface area contributed by atoms with Gasteiger partial charge in [-0.15, -0.1) is 0 Å². The third-order valence-electron chi connectivity index (χ3n) is 5.05. The molecule has 0 aliphatic rings. The van der Waals surface area contributed by atoms with Crippen molar-refractivity contribution in [3.05, 3.63) is 88.7 Å². The van der Waals surface area contributed by atoms with Crippen LogP contribution < -0.4 is 10.1 Å². The maximum Gasteiger partial charge on any atom is 0.253 e. The summed E-state index contributed by atoms with van der Waals surface area (Å²) in [5.41, 5.74) is 1.72. The molecule has 9 heteroatoms. The minimum absolute atomic E-state index is 0.0122. The second kappa shape index (κ2) is 10.8. The number of ether oxygens (including phenoxy) is 1. The molecular weight excluding hydrogens is 462 g/mol. The number of rotatable bonds is 9. The van der Waals surface area contributed by atoms with Crippen LogP contribution in [-0.2, 0) is 23.2 Å². The molecule has 174 valence electrons. The highest BCUT2D eigenvalue weighted by Gasteiger charge is 2.25. The Morgan fingerprint density at radius 1 is 1.12 bits per heavy atom. The molecule has 2 aromatic carbocycles. The monoisotopic (exact) mass is 487 g/mol. The van der Waals surface area contributed by atoms with E-state index in [0.717, 1.165) is 11.3 Å². The third kappa shape index (κ3) is 6.31. The van der Waals surface area contributed by atoms with E-state index in [1.807, 2.05) is 42.5 Å². The van der Waals surface area contributed by atoms with Gasteiger partial charge in [0.1, 0.15) is 12.4 Å². The lowest BCUT2D eigenvalue weighted by Gasteiger charge is -2.21. The van der Waals surface area contributed by atoms with Crippen molar-refractivity contribution in [3.63, 3.8) is 0 Å². The summed E-state index contributed by atoms with van der Waals surface area (Å²) in [6, 6.07) is 16.8. The maximum atomic E-state index is 12.8. The standard InChI is InChI=1S/C24H26ClN3O4S/c1-17(2)28(3)33(30,31)21-10-11-23(25)22(14-21)24(29)27-15-18-7-6-9-20(13-18)32-16-19-8-4-5-12-26-19/h4-14,17H,15-16H2,1-3H3,(H,27,29). The number of benzene rings is 2. The molecular formula is C24H26ClN3O4S. The van der Waals surface area contributed by atoms with Gasteiger partial charge in [0.25, 0.3) is 5.91 Å². The zero-order valence-electron chi connectivity index (χ0n) is 18.7. The van der Waals surface area contributed by atoms with Crippen LogP contribution in [0.4, 0.5) is 0 Å². The summed E-state index contributed by atoms with van der Waals surface area (Å²) in [5.74, 6) is 0.180. The summed E-state index contributed by atoms with van der Waals surface area (Å²) in [5, 5.41) is 2.96. The van der Waals surface area contributed by atoms with Crippen molar-refractivity contribution in [1.29, 1.82) is 0 Å². The van der Waals surface area contributed by atoms with E-state index in [9.17, 15) is 13.2 Å². The summed E-state index contributed by atoms with van der Waals surface area (Å²) < 4.78 is 32.6. The maximum absolute atomic E-state index is 12.8. The molecule has 0 spiro atoms. The molecule has 1 N–H and O–H groups in total. The lowest BCUT2D eigenvalue weighted by molar-refractivity contribution is 0.0950. The Balaban J connectivity index is 1.68. The van der Waals surface area contributed by atoms with Crippen LogP contribution in [-0.4, -0.2) is 36.7 Å². The molecule has 1 amide bonds. The van der Waals surface area contributed by atoms with Crippen LogP contribution in [0.1, 0.15) is 35.5 Å². The van der Waals surface area contributed by atoms with E-state index >= 15 is 0 Å². The quantitative estimate of drug-likeness (QED) is 0.487. The van der Waals surface area contributed by atoms with Crippen LogP contribution in [0.2, 0.25) is 5.02 Å². The number of carbonyl (C=O) groups is 1. The molecule has 0 fully saturated rings. The van der Waals surface area contributed by atoms with Crippen molar-refractivity contribution >= 4 is 27.5 Å². The van der Waals surface area contributed by atoms with Gasteiger partial charge in [-0.2, -0.15) is 4.31 Å². The fraction of sp³-hybridized carbons (Fsp3) is 0.250. The number of hydrogen-bond donors (Lipinski definition) is 1. The Morgan fingerprint density at radius 2 is 1.91 bits per heavy atom. The number of halogens is 1. The smallest absolute Gasteiger partial charge is 0.253 e. The molecule has 1 heterocycles. The van der Waals surface area contributed by atoms with E-state index < -0.39 is 15.9 Å². The summed E-state index contributed by atoms with van der Waals surface area (Å²) >= 11 is 6.19. The number of nitrogens with zero attached hydrogens (tertiary/aromatic N) is 2. The average molecular weight is 488 g/mol. The Morgan fingerprint density at radius 3 is 2.61 bits per heavy atom. The first kappa shape index (κ1) is 24.7. The number of pyridine rings is 1. The van der Waals surface area contributed by atoms with E-state index in [2.05, 4.69) is 10.3 Å². The molecule has 0 unspecified atom stereocenters.